The summed E-state index contributed by atoms with van der Waals surface area (Å²) in [5.41, 5.74) is 0. The molecule has 1 rings (SSSR count). The Kier molecular flexibility index (Phi) is 7.74. The predicted octanol–water partition coefficient (Wildman–Crippen LogP) is 3.62. The Morgan fingerprint density at radius 3 is 2.89 bits per heavy atom. The first-order chi connectivity index (χ1) is 8.76. The molecule has 0 radical (unpaired) electrons. The van der Waals surface area contributed by atoms with E-state index in [-0.39, 0.29) is 18.2 Å². The second kappa shape index (κ2) is 9.15. The van der Waals surface area contributed by atoms with E-state index in [4.69, 9.17) is 9.47 Å². The molecule has 0 saturated carbocycles. The minimum absolute atomic E-state index is 0.0889. The van der Waals surface area contributed by atoms with E-state index >= 15 is 0 Å². The second-order valence-corrected chi connectivity index (χ2v) is 4.82. The summed E-state index contributed by atoms with van der Waals surface area (Å²) in [5, 5.41) is 0. The van der Waals surface area contributed by atoms with Gasteiger partial charge in [0, 0.05) is 0 Å². The molecule has 0 fully saturated rings. The molecule has 2 atom stereocenters. The zero-order chi connectivity index (χ0) is 13.2. The molecule has 1 heterocycles. The first-order valence-corrected chi connectivity index (χ1v) is 7.24. The third-order valence-electron chi connectivity index (χ3n) is 3.17. The van der Waals surface area contributed by atoms with Gasteiger partial charge in [-0.15, -0.1) is 0 Å². The Labute approximate surface area is 111 Å². The fourth-order valence-corrected chi connectivity index (χ4v) is 2.22. The van der Waals surface area contributed by atoms with Crippen molar-refractivity contribution < 1.29 is 14.3 Å². The number of carbonyl (C=O) groups excluding carboxylic acids is 1. The van der Waals surface area contributed by atoms with Gasteiger partial charge in [-0.1, -0.05) is 44.8 Å². The predicted molar refractivity (Wildman–Crippen MR) is 72.4 cm³/mol. The number of hydrogen-bond donors (Lipinski definition) is 0. The van der Waals surface area contributed by atoms with Gasteiger partial charge in [0.2, 0.25) is 0 Å². The minimum Gasteiger partial charge on any atom is -0.466 e. The van der Waals surface area contributed by atoms with E-state index in [2.05, 4.69) is 13.0 Å². The van der Waals surface area contributed by atoms with Crippen LogP contribution in [0.15, 0.2) is 12.2 Å². The van der Waals surface area contributed by atoms with E-state index in [1.807, 2.05) is 13.0 Å². The normalized spacial score (nSPS) is 23.0. The molecule has 18 heavy (non-hydrogen) atoms. The summed E-state index contributed by atoms with van der Waals surface area (Å²) in [6, 6.07) is 0. The maximum absolute atomic E-state index is 11.4. The molecular weight excluding hydrogens is 228 g/mol. The molecule has 0 aromatic carbocycles. The third kappa shape index (κ3) is 6.20. The van der Waals surface area contributed by atoms with Crippen LogP contribution in [-0.4, -0.2) is 24.8 Å². The van der Waals surface area contributed by atoms with Crippen LogP contribution < -0.4 is 0 Å². The Hall–Kier alpha value is -0.830. The number of esters is 1. The van der Waals surface area contributed by atoms with Crippen LogP contribution in [0.25, 0.3) is 0 Å². The Bertz CT molecular complexity index is 260. The minimum atomic E-state index is -0.168. The lowest BCUT2D eigenvalue weighted by Gasteiger charge is -2.25. The van der Waals surface area contributed by atoms with Gasteiger partial charge in [0.25, 0.3) is 0 Å². The second-order valence-electron chi connectivity index (χ2n) is 4.82. The molecule has 0 aromatic rings. The van der Waals surface area contributed by atoms with Crippen LogP contribution in [0.2, 0.25) is 0 Å². The molecule has 0 amide bonds. The van der Waals surface area contributed by atoms with Gasteiger partial charge in [-0.05, 0) is 19.8 Å². The van der Waals surface area contributed by atoms with Gasteiger partial charge >= 0.3 is 5.97 Å². The zero-order valence-corrected chi connectivity index (χ0v) is 11.7. The van der Waals surface area contributed by atoms with E-state index in [0.717, 1.165) is 12.8 Å². The van der Waals surface area contributed by atoms with Crippen molar-refractivity contribution in [3.05, 3.63) is 12.2 Å². The van der Waals surface area contributed by atoms with Gasteiger partial charge < -0.3 is 9.47 Å². The van der Waals surface area contributed by atoms with Crippen LogP contribution in [0.4, 0.5) is 0 Å². The molecule has 104 valence electrons. The first kappa shape index (κ1) is 15.2. The fourth-order valence-electron chi connectivity index (χ4n) is 2.22. The molecule has 0 spiro atoms. The van der Waals surface area contributed by atoms with E-state index in [1.165, 1.54) is 25.7 Å². The lowest BCUT2D eigenvalue weighted by atomic mass is 10.0. The van der Waals surface area contributed by atoms with Crippen molar-refractivity contribution in [2.75, 3.05) is 6.61 Å². The average Bonchev–Trinajstić information content (AvgIpc) is 2.35. The zero-order valence-electron chi connectivity index (χ0n) is 11.7. The van der Waals surface area contributed by atoms with Gasteiger partial charge in [-0.2, -0.15) is 0 Å². The number of rotatable bonds is 8. The summed E-state index contributed by atoms with van der Waals surface area (Å²) >= 11 is 0. The van der Waals surface area contributed by atoms with Crippen LogP contribution in [-0.2, 0) is 14.3 Å². The van der Waals surface area contributed by atoms with Gasteiger partial charge in [0.1, 0.15) is 0 Å². The van der Waals surface area contributed by atoms with Crippen molar-refractivity contribution in [2.45, 2.75) is 71.0 Å². The fraction of sp³-hybridized carbons (Fsp3) is 0.800. The molecular formula is C15H26O3. The monoisotopic (exact) mass is 254 g/mol. The lowest BCUT2D eigenvalue weighted by molar-refractivity contribution is -0.146. The third-order valence-corrected chi connectivity index (χ3v) is 3.17. The molecule has 3 nitrogen and oxygen atoms in total. The lowest BCUT2D eigenvalue weighted by Crippen LogP contribution is -2.26. The van der Waals surface area contributed by atoms with Crippen LogP contribution in [0, 0.1) is 0 Å². The van der Waals surface area contributed by atoms with Gasteiger partial charge in [0.05, 0.1) is 25.2 Å². The van der Waals surface area contributed by atoms with E-state index in [0.29, 0.717) is 13.0 Å². The van der Waals surface area contributed by atoms with Crippen LogP contribution >= 0.6 is 0 Å². The summed E-state index contributed by atoms with van der Waals surface area (Å²) in [6.45, 7) is 4.48. The van der Waals surface area contributed by atoms with E-state index < -0.39 is 0 Å². The summed E-state index contributed by atoms with van der Waals surface area (Å²) in [4.78, 5) is 11.4. The van der Waals surface area contributed by atoms with Crippen molar-refractivity contribution in [1.82, 2.24) is 0 Å². The average molecular weight is 254 g/mol. The molecule has 0 unspecified atom stereocenters. The molecule has 1 aliphatic rings. The van der Waals surface area contributed by atoms with E-state index in [1.54, 1.807) is 0 Å². The topological polar surface area (TPSA) is 35.5 Å². The standard InChI is InChI=1S/C15H26O3/c1-3-5-6-7-9-13-10-8-11-14(18-13)12-15(16)17-4-2/h8,11,13-14H,3-7,9-10,12H2,1-2H3/t13-,14-/m0/s1. The maximum Gasteiger partial charge on any atom is 0.308 e. The number of hydrogen-bond acceptors (Lipinski definition) is 3. The highest BCUT2D eigenvalue weighted by molar-refractivity contribution is 5.70. The van der Waals surface area contributed by atoms with Crippen molar-refractivity contribution >= 4 is 5.97 Å². The van der Waals surface area contributed by atoms with Crippen molar-refractivity contribution in [3.8, 4) is 0 Å². The smallest absolute Gasteiger partial charge is 0.308 e. The quantitative estimate of drug-likeness (QED) is 0.377. The molecule has 0 bridgehead atoms. The van der Waals surface area contributed by atoms with Crippen molar-refractivity contribution in [1.29, 1.82) is 0 Å². The van der Waals surface area contributed by atoms with Crippen molar-refractivity contribution in [3.63, 3.8) is 0 Å². The summed E-state index contributed by atoms with van der Waals surface area (Å²) < 4.78 is 10.8. The van der Waals surface area contributed by atoms with Crippen LogP contribution in [0.1, 0.15) is 58.8 Å². The number of unbranched alkanes of at least 4 members (excludes halogenated alkanes) is 3. The highest BCUT2D eigenvalue weighted by Crippen LogP contribution is 2.20. The molecule has 3 heteroatoms. The van der Waals surface area contributed by atoms with Gasteiger partial charge in [-0.3, -0.25) is 4.79 Å². The number of ether oxygens (including phenoxy) is 2. The van der Waals surface area contributed by atoms with Crippen LogP contribution in [0.3, 0.4) is 0 Å². The molecule has 1 aliphatic heterocycles. The maximum atomic E-state index is 11.4. The Morgan fingerprint density at radius 1 is 1.33 bits per heavy atom. The molecule has 0 saturated heterocycles. The summed E-state index contributed by atoms with van der Waals surface area (Å²) in [6.07, 6.45) is 11.8. The molecule has 0 N–H and O–H groups in total. The first-order valence-electron chi connectivity index (χ1n) is 7.24. The largest absolute Gasteiger partial charge is 0.466 e. The summed E-state index contributed by atoms with van der Waals surface area (Å²) in [7, 11) is 0. The molecule has 0 aromatic heterocycles. The van der Waals surface area contributed by atoms with Gasteiger partial charge in [0.15, 0.2) is 0 Å². The van der Waals surface area contributed by atoms with Gasteiger partial charge in [-0.25, -0.2) is 0 Å². The summed E-state index contributed by atoms with van der Waals surface area (Å²) in [5.74, 6) is -0.168. The van der Waals surface area contributed by atoms with Crippen LogP contribution in [0.5, 0.6) is 0 Å². The highest BCUT2D eigenvalue weighted by Gasteiger charge is 2.20. The van der Waals surface area contributed by atoms with E-state index in [9.17, 15) is 4.79 Å². The van der Waals surface area contributed by atoms with Crippen molar-refractivity contribution in [2.24, 2.45) is 0 Å². The number of carbonyl (C=O) groups is 1. The Morgan fingerprint density at radius 2 is 2.17 bits per heavy atom. The highest BCUT2D eigenvalue weighted by atomic mass is 16.5. The Balaban J connectivity index is 2.21. The molecule has 0 aliphatic carbocycles. The SMILES string of the molecule is CCCCCC[C@H]1CC=C[C@@H](CC(=O)OCC)O1.